The Balaban J connectivity index is 0.00000112. The van der Waals surface area contributed by atoms with Gasteiger partial charge in [-0.05, 0) is 68.0 Å². The second-order valence-corrected chi connectivity index (χ2v) is 7.91. The summed E-state index contributed by atoms with van der Waals surface area (Å²) in [6.07, 6.45) is 4.37. The van der Waals surface area contributed by atoms with Crippen LogP contribution in [0.25, 0.3) is 0 Å². The van der Waals surface area contributed by atoms with Crippen molar-refractivity contribution in [1.29, 1.82) is 0 Å². The average molecular weight is 420 g/mol. The molecule has 1 unspecified atom stereocenters. The van der Waals surface area contributed by atoms with Crippen LogP contribution >= 0.6 is 24.8 Å². The van der Waals surface area contributed by atoms with Gasteiger partial charge in [-0.3, -0.25) is 4.79 Å². The third-order valence-corrected chi connectivity index (χ3v) is 6.45. The summed E-state index contributed by atoms with van der Waals surface area (Å²) in [7, 11) is 0. The zero-order valence-corrected chi connectivity index (χ0v) is 17.5. The Bertz CT molecular complexity index is 851. The number of piperidine rings is 1. The number of fused-ring (bicyclic) bond motifs is 1. The lowest BCUT2D eigenvalue weighted by atomic mass is 9.92. The summed E-state index contributed by atoms with van der Waals surface area (Å²) in [6, 6.07) is 16.8. The number of nitrogens with zero attached hydrogens (tertiary/aromatic N) is 1. The minimum Gasteiger partial charge on any atom is -0.339 e. The van der Waals surface area contributed by atoms with E-state index in [1.54, 1.807) is 0 Å². The summed E-state index contributed by atoms with van der Waals surface area (Å²) < 4.78 is 0. The van der Waals surface area contributed by atoms with Crippen LogP contribution in [0.5, 0.6) is 0 Å². The van der Waals surface area contributed by atoms with Crippen molar-refractivity contribution in [3.05, 3.63) is 54.1 Å². The molecule has 0 aromatic heterocycles. The smallest absolute Gasteiger partial charge is 0.228 e. The van der Waals surface area contributed by atoms with E-state index >= 15 is 0 Å². The fraction of sp³-hybridized carbons (Fsp3) is 0.409. The molecule has 1 saturated carbocycles. The summed E-state index contributed by atoms with van der Waals surface area (Å²) in [4.78, 5) is 15.2. The van der Waals surface area contributed by atoms with E-state index in [0.29, 0.717) is 0 Å². The second kappa shape index (κ2) is 8.32. The van der Waals surface area contributed by atoms with Gasteiger partial charge in [-0.25, -0.2) is 0 Å². The zero-order valence-electron chi connectivity index (χ0n) is 15.8. The maximum absolute atomic E-state index is 12.9. The third-order valence-electron chi connectivity index (χ3n) is 6.45. The summed E-state index contributed by atoms with van der Waals surface area (Å²) in [5.41, 5.74) is 4.95. The molecular weight excluding hydrogens is 393 g/mol. The first-order valence-electron chi connectivity index (χ1n) is 9.73. The van der Waals surface area contributed by atoms with Crippen molar-refractivity contribution in [2.45, 2.75) is 25.7 Å². The molecule has 1 amide bonds. The number of benzene rings is 2. The number of anilines is 3. The van der Waals surface area contributed by atoms with Crippen LogP contribution in [0, 0.1) is 11.3 Å². The molecule has 0 bridgehead atoms. The van der Waals surface area contributed by atoms with Crippen molar-refractivity contribution in [3.8, 4) is 0 Å². The molecule has 6 heteroatoms. The van der Waals surface area contributed by atoms with E-state index < -0.39 is 0 Å². The van der Waals surface area contributed by atoms with E-state index in [9.17, 15) is 4.79 Å². The van der Waals surface area contributed by atoms with Gasteiger partial charge in [0.2, 0.25) is 5.91 Å². The standard InChI is InChI=1S/C22H25N3O.2ClH/c26-21(17-15-22(17)10-12-23-13-11-22)24-18-6-2-4-8-20(18)25-14-9-16-5-1-3-7-19(16)25;;/h1-8,17,23H,9-15H2,(H,24,26);2*1H. The zero-order chi connectivity index (χ0) is 17.6. The molecule has 4 nitrogen and oxygen atoms in total. The Labute approximate surface area is 178 Å². The molecule has 1 saturated heterocycles. The van der Waals surface area contributed by atoms with Crippen LogP contribution in [0.4, 0.5) is 17.1 Å². The average Bonchev–Trinajstić information content (AvgIpc) is 3.20. The van der Waals surface area contributed by atoms with Crippen LogP contribution in [0.2, 0.25) is 0 Å². The number of carbonyl (C=O) groups excluding carboxylic acids is 1. The van der Waals surface area contributed by atoms with Crippen molar-refractivity contribution in [3.63, 3.8) is 0 Å². The summed E-state index contributed by atoms with van der Waals surface area (Å²) in [5.74, 6) is 0.385. The number of carbonyl (C=O) groups is 1. The number of amides is 1. The predicted molar refractivity (Wildman–Crippen MR) is 119 cm³/mol. The first kappa shape index (κ1) is 21.0. The van der Waals surface area contributed by atoms with Gasteiger partial charge in [0.15, 0.2) is 0 Å². The SMILES string of the molecule is Cl.Cl.O=C(Nc1ccccc1N1CCc2ccccc21)C1CC12CCNCC2. The first-order chi connectivity index (χ1) is 12.8. The minimum atomic E-state index is 0. The molecule has 150 valence electrons. The number of halogens is 2. The van der Waals surface area contributed by atoms with Gasteiger partial charge in [-0.15, -0.1) is 24.8 Å². The molecule has 1 spiro atoms. The summed E-state index contributed by atoms with van der Waals surface area (Å²) in [6.45, 7) is 3.06. The lowest BCUT2D eigenvalue weighted by Gasteiger charge is -2.25. The molecule has 1 atom stereocenters. The third kappa shape index (κ3) is 3.61. The molecule has 2 heterocycles. The van der Waals surface area contributed by atoms with E-state index in [1.165, 1.54) is 11.3 Å². The van der Waals surface area contributed by atoms with Crippen molar-refractivity contribution < 1.29 is 4.79 Å². The molecule has 2 aromatic rings. The molecule has 2 fully saturated rings. The van der Waals surface area contributed by atoms with Crippen LogP contribution in [0.1, 0.15) is 24.8 Å². The van der Waals surface area contributed by atoms with Gasteiger partial charge >= 0.3 is 0 Å². The Kier molecular flexibility index (Phi) is 6.23. The fourth-order valence-corrected chi connectivity index (χ4v) is 4.82. The number of hydrogen-bond acceptors (Lipinski definition) is 3. The largest absolute Gasteiger partial charge is 0.339 e. The van der Waals surface area contributed by atoms with Crippen LogP contribution < -0.4 is 15.5 Å². The lowest BCUT2D eigenvalue weighted by Crippen LogP contribution is -2.31. The molecule has 2 aliphatic heterocycles. The Morgan fingerprint density at radius 2 is 1.68 bits per heavy atom. The molecular formula is C22H27Cl2N3O. The number of rotatable bonds is 3. The van der Waals surface area contributed by atoms with Crippen molar-refractivity contribution in [2.75, 3.05) is 29.9 Å². The highest BCUT2D eigenvalue weighted by Gasteiger charge is 2.57. The highest BCUT2D eigenvalue weighted by atomic mass is 35.5. The Hall–Kier alpha value is -1.75. The van der Waals surface area contributed by atoms with Crippen molar-refractivity contribution in [2.24, 2.45) is 11.3 Å². The van der Waals surface area contributed by atoms with Gasteiger partial charge in [0.1, 0.15) is 0 Å². The van der Waals surface area contributed by atoms with Crippen molar-refractivity contribution >= 4 is 47.8 Å². The van der Waals surface area contributed by atoms with Gasteiger partial charge in [0.05, 0.1) is 11.4 Å². The van der Waals surface area contributed by atoms with E-state index in [2.05, 4.69) is 51.9 Å². The molecule has 0 radical (unpaired) electrons. The first-order valence-corrected chi connectivity index (χ1v) is 9.73. The van der Waals surface area contributed by atoms with E-state index in [1.807, 2.05) is 12.1 Å². The lowest BCUT2D eigenvalue weighted by molar-refractivity contribution is -0.118. The molecule has 2 aromatic carbocycles. The Morgan fingerprint density at radius 1 is 1.00 bits per heavy atom. The Morgan fingerprint density at radius 3 is 2.46 bits per heavy atom. The molecule has 1 aliphatic carbocycles. The van der Waals surface area contributed by atoms with Gasteiger partial charge in [-0.2, -0.15) is 0 Å². The summed E-state index contributed by atoms with van der Waals surface area (Å²) >= 11 is 0. The molecule has 2 N–H and O–H groups in total. The summed E-state index contributed by atoms with van der Waals surface area (Å²) in [5, 5.41) is 6.66. The van der Waals surface area contributed by atoms with Gasteiger partial charge in [0, 0.05) is 18.2 Å². The van der Waals surface area contributed by atoms with Gasteiger partial charge in [-0.1, -0.05) is 30.3 Å². The maximum atomic E-state index is 12.9. The number of para-hydroxylation sites is 3. The van der Waals surface area contributed by atoms with E-state index in [4.69, 9.17) is 0 Å². The fourth-order valence-electron chi connectivity index (χ4n) is 4.82. The second-order valence-electron chi connectivity index (χ2n) is 7.91. The number of nitrogens with one attached hydrogen (secondary N) is 2. The van der Waals surface area contributed by atoms with Crippen LogP contribution in [-0.2, 0) is 11.2 Å². The monoisotopic (exact) mass is 419 g/mol. The topological polar surface area (TPSA) is 44.4 Å². The highest BCUT2D eigenvalue weighted by Crippen LogP contribution is 2.59. The van der Waals surface area contributed by atoms with Crippen molar-refractivity contribution in [1.82, 2.24) is 5.32 Å². The van der Waals surface area contributed by atoms with E-state index in [0.717, 1.165) is 56.7 Å². The van der Waals surface area contributed by atoms with Crippen LogP contribution in [0.3, 0.4) is 0 Å². The van der Waals surface area contributed by atoms with Gasteiger partial charge in [0.25, 0.3) is 0 Å². The molecule has 5 rings (SSSR count). The number of hydrogen-bond donors (Lipinski definition) is 2. The quantitative estimate of drug-likeness (QED) is 0.766. The molecule has 28 heavy (non-hydrogen) atoms. The highest BCUT2D eigenvalue weighted by molar-refractivity contribution is 5.98. The predicted octanol–water partition coefficient (Wildman–Crippen LogP) is 4.55. The van der Waals surface area contributed by atoms with Gasteiger partial charge < -0.3 is 15.5 Å². The maximum Gasteiger partial charge on any atom is 0.228 e. The van der Waals surface area contributed by atoms with E-state index in [-0.39, 0.29) is 42.1 Å². The van der Waals surface area contributed by atoms with Crippen LogP contribution in [0.15, 0.2) is 48.5 Å². The molecule has 3 aliphatic rings. The minimum absolute atomic E-state index is 0. The van der Waals surface area contributed by atoms with Crippen LogP contribution in [-0.4, -0.2) is 25.5 Å². The normalized spacial score (nSPS) is 21.3.